The van der Waals surface area contributed by atoms with E-state index in [-0.39, 0.29) is 0 Å². The third kappa shape index (κ3) is 5.72. The zero-order valence-corrected chi connectivity index (χ0v) is 19.3. The standard InChI is InChI=1S/C25H19ClN2O5S/c26-23-17-10-4-7-13-20(17)34-24(23)25(31)27-14-22(30)32-15-21(29)28-18-11-5-6-12-19(18)33-16-8-2-1-3-9-16/h1-13H,14-15H2,(H,27,31)(H,28,29). The number of ether oxygens (including phenoxy) is 2. The highest BCUT2D eigenvalue weighted by atomic mass is 35.5. The molecular weight excluding hydrogens is 476 g/mol. The van der Waals surface area contributed by atoms with Gasteiger partial charge in [-0.1, -0.05) is 60.1 Å². The average molecular weight is 495 g/mol. The largest absolute Gasteiger partial charge is 0.455 e. The molecule has 0 spiro atoms. The van der Waals surface area contributed by atoms with Crippen LogP contribution in [0.2, 0.25) is 5.02 Å². The monoisotopic (exact) mass is 494 g/mol. The summed E-state index contributed by atoms with van der Waals surface area (Å²) in [5.41, 5.74) is 0.431. The molecule has 34 heavy (non-hydrogen) atoms. The number of halogens is 1. The predicted molar refractivity (Wildman–Crippen MR) is 132 cm³/mol. The van der Waals surface area contributed by atoms with Gasteiger partial charge in [0.05, 0.1) is 10.7 Å². The van der Waals surface area contributed by atoms with E-state index in [4.69, 9.17) is 21.1 Å². The zero-order valence-electron chi connectivity index (χ0n) is 17.7. The molecule has 0 atom stereocenters. The van der Waals surface area contributed by atoms with Crippen LogP contribution >= 0.6 is 22.9 Å². The van der Waals surface area contributed by atoms with Gasteiger partial charge in [0.1, 0.15) is 17.2 Å². The summed E-state index contributed by atoms with van der Waals surface area (Å²) >= 11 is 7.51. The van der Waals surface area contributed by atoms with E-state index in [0.717, 1.165) is 10.1 Å². The summed E-state index contributed by atoms with van der Waals surface area (Å²) < 4.78 is 11.6. The maximum atomic E-state index is 12.4. The molecule has 0 saturated heterocycles. The Labute approximate surface area is 204 Å². The number of nitrogens with one attached hydrogen (secondary N) is 2. The molecule has 1 aromatic heterocycles. The smallest absolute Gasteiger partial charge is 0.325 e. The van der Waals surface area contributed by atoms with Crippen LogP contribution in [0.5, 0.6) is 11.5 Å². The van der Waals surface area contributed by atoms with Gasteiger partial charge in [0.25, 0.3) is 11.8 Å². The van der Waals surface area contributed by atoms with E-state index in [9.17, 15) is 14.4 Å². The number of rotatable bonds is 8. The van der Waals surface area contributed by atoms with Gasteiger partial charge in [-0.25, -0.2) is 0 Å². The Morgan fingerprint density at radius 2 is 1.59 bits per heavy atom. The van der Waals surface area contributed by atoms with Crippen molar-refractivity contribution in [1.82, 2.24) is 5.32 Å². The molecule has 172 valence electrons. The number of amides is 2. The third-order valence-electron chi connectivity index (χ3n) is 4.63. The second-order valence-corrected chi connectivity index (χ2v) is 8.47. The predicted octanol–water partition coefficient (Wildman–Crippen LogP) is 5.26. The van der Waals surface area contributed by atoms with Gasteiger partial charge in [0, 0.05) is 10.1 Å². The van der Waals surface area contributed by atoms with Crippen molar-refractivity contribution in [3.05, 3.63) is 88.8 Å². The number of benzene rings is 3. The van der Waals surface area contributed by atoms with Gasteiger partial charge in [-0.2, -0.15) is 0 Å². The van der Waals surface area contributed by atoms with Crippen molar-refractivity contribution < 1.29 is 23.9 Å². The SMILES string of the molecule is O=C(COC(=O)CNC(=O)c1sc2ccccc2c1Cl)Nc1ccccc1Oc1ccccc1. The third-order valence-corrected chi connectivity index (χ3v) is 6.31. The van der Waals surface area contributed by atoms with Gasteiger partial charge in [-0.15, -0.1) is 11.3 Å². The van der Waals surface area contributed by atoms with Crippen molar-refractivity contribution in [1.29, 1.82) is 0 Å². The highest BCUT2D eigenvalue weighted by Gasteiger charge is 2.18. The van der Waals surface area contributed by atoms with Crippen LogP contribution in [0.1, 0.15) is 9.67 Å². The highest BCUT2D eigenvalue weighted by Crippen LogP contribution is 2.35. The fourth-order valence-electron chi connectivity index (χ4n) is 3.05. The number of fused-ring (bicyclic) bond motifs is 1. The molecule has 1 heterocycles. The van der Waals surface area contributed by atoms with Gasteiger partial charge in [0.15, 0.2) is 12.4 Å². The Morgan fingerprint density at radius 3 is 2.38 bits per heavy atom. The van der Waals surface area contributed by atoms with E-state index >= 15 is 0 Å². The van der Waals surface area contributed by atoms with Crippen molar-refractivity contribution in [2.45, 2.75) is 0 Å². The lowest BCUT2D eigenvalue weighted by Crippen LogP contribution is -2.32. The van der Waals surface area contributed by atoms with Crippen LogP contribution in [0.4, 0.5) is 5.69 Å². The van der Waals surface area contributed by atoms with Crippen LogP contribution in [-0.2, 0) is 14.3 Å². The molecule has 9 heteroatoms. The van der Waals surface area contributed by atoms with Crippen molar-refractivity contribution >= 4 is 56.5 Å². The van der Waals surface area contributed by atoms with E-state index in [1.807, 2.05) is 42.5 Å². The molecule has 2 N–H and O–H groups in total. The van der Waals surface area contributed by atoms with Crippen molar-refractivity contribution in [2.75, 3.05) is 18.5 Å². The first-order chi connectivity index (χ1) is 16.5. The van der Waals surface area contributed by atoms with Crippen molar-refractivity contribution in [3.63, 3.8) is 0 Å². The summed E-state index contributed by atoms with van der Waals surface area (Å²) in [7, 11) is 0. The van der Waals surface area contributed by atoms with Crippen LogP contribution in [0.15, 0.2) is 78.9 Å². The molecule has 0 bridgehead atoms. The molecule has 3 aromatic carbocycles. The lowest BCUT2D eigenvalue weighted by Gasteiger charge is -2.12. The second-order valence-electron chi connectivity index (χ2n) is 7.04. The Bertz CT molecular complexity index is 1340. The van der Waals surface area contributed by atoms with E-state index in [2.05, 4.69) is 10.6 Å². The highest BCUT2D eigenvalue weighted by molar-refractivity contribution is 7.21. The number of para-hydroxylation sites is 3. The fraction of sp³-hybridized carbons (Fsp3) is 0.0800. The normalized spacial score (nSPS) is 10.5. The van der Waals surface area contributed by atoms with Gasteiger partial charge < -0.3 is 20.1 Å². The quantitative estimate of drug-likeness (QED) is 0.326. The number of hydrogen-bond acceptors (Lipinski definition) is 6. The lowest BCUT2D eigenvalue weighted by molar-refractivity contribution is -0.146. The van der Waals surface area contributed by atoms with Crippen molar-refractivity contribution in [2.24, 2.45) is 0 Å². The van der Waals surface area contributed by atoms with Crippen LogP contribution < -0.4 is 15.4 Å². The molecule has 0 aliphatic rings. The lowest BCUT2D eigenvalue weighted by atomic mass is 10.2. The summed E-state index contributed by atoms with van der Waals surface area (Å²) in [4.78, 5) is 37.0. The molecule has 4 aromatic rings. The number of carbonyl (C=O) groups is 3. The first-order valence-corrected chi connectivity index (χ1v) is 11.4. The summed E-state index contributed by atoms with van der Waals surface area (Å²) in [5, 5.41) is 6.23. The first kappa shape index (κ1) is 23.3. The molecule has 0 aliphatic heterocycles. The molecular formula is C25H19ClN2O5S. The molecule has 0 unspecified atom stereocenters. The average Bonchev–Trinajstić information content (AvgIpc) is 3.20. The minimum absolute atomic E-state index is 0.309. The van der Waals surface area contributed by atoms with E-state index in [0.29, 0.717) is 27.1 Å². The molecule has 2 amide bonds. The van der Waals surface area contributed by atoms with Crippen LogP contribution in [0.3, 0.4) is 0 Å². The first-order valence-electron chi connectivity index (χ1n) is 10.2. The number of hydrogen-bond donors (Lipinski definition) is 2. The number of esters is 1. The minimum atomic E-state index is -0.755. The molecule has 0 aliphatic carbocycles. The topological polar surface area (TPSA) is 93.7 Å². The Morgan fingerprint density at radius 1 is 0.882 bits per heavy atom. The van der Waals surface area contributed by atoms with Crippen molar-refractivity contribution in [3.8, 4) is 11.5 Å². The van der Waals surface area contributed by atoms with Gasteiger partial charge in [-0.3, -0.25) is 14.4 Å². The Hall–Kier alpha value is -3.88. The number of anilines is 1. The molecule has 0 radical (unpaired) electrons. The van der Waals surface area contributed by atoms with E-state index < -0.39 is 30.9 Å². The van der Waals surface area contributed by atoms with Crippen LogP contribution in [0, 0.1) is 0 Å². The van der Waals surface area contributed by atoms with Gasteiger partial charge in [-0.05, 0) is 30.3 Å². The number of thiophene rings is 1. The maximum absolute atomic E-state index is 12.4. The second kappa shape index (κ2) is 10.8. The number of carbonyl (C=O) groups excluding carboxylic acids is 3. The summed E-state index contributed by atoms with van der Waals surface area (Å²) in [6.45, 7) is -0.914. The molecule has 7 nitrogen and oxygen atoms in total. The van der Waals surface area contributed by atoms with Gasteiger partial charge >= 0.3 is 5.97 Å². The van der Waals surface area contributed by atoms with Crippen LogP contribution in [0.25, 0.3) is 10.1 Å². The Balaban J connectivity index is 1.27. The molecule has 0 saturated carbocycles. The van der Waals surface area contributed by atoms with Gasteiger partial charge in [0.2, 0.25) is 0 Å². The van der Waals surface area contributed by atoms with Crippen LogP contribution in [-0.4, -0.2) is 30.9 Å². The molecule has 4 rings (SSSR count). The zero-order chi connectivity index (χ0) is 23.9. The minimum Gasteiger partial charge on any atom is -0.455 e. The molecule has 0 fully saturated rings. The summed E-state index contributed by atoms with van der Waals surface area (Å²) in [6, 6.07) is 23.4. The Kier molecular flexibility index (Phi) is 7.41. The fourth-order valence-corrected chi connectivity index (χ4v) is 4.48. The summed E-state index contributed by atoms with van der Waals surface area (Å²) in [6.07, 6.45) is 0. The van der Waals surface area contributed by atoms with E-state index in [1.165, 1.54) is 11.3 Å². The maximum Gasteiger partial charge on any atom is 0.325 e. The van der Waals surface area contributed by atoms with E-state index in [1.54, 1.807) is 36.4 Å². The summed E-state index contributed by atoms with van der Waals surface area (Å²) in [5.74, 6) is -0.726.